The van der Waals surface area contributed by atoms with Crippen LogP contribution in [0.15, 0.2) is 0 Å². The summed E-state index contributed by atoms with van der Waals surface area (Å²) in [5, 5.41) is 0. The van der Waals surface area contributed by atoms with Gasteiger partial charge < -0.3 is 4.90 Å². The van der Waals surface area contributed by atoms with Gasteiger partial charge in [0.25, 0.3) is 0 Å². The van der Waals surface area contributed by atoms with Gasteiger partial charge in [-0.3, -0.25) is 0 Å². The zero-order valence-corrected chi connectivity index (χ0v) is 11.1. The molecule has 0 radical (unpaired) electrons. The Labute approximate surface area is 104 Å². The maximum atomic E-state index is 7.50. The fourth-order valence-electron chi connectivity index (χ4n) is 0.316. The third kappa shape index (κ3) is 237. The average molecular weight is 274 g/mol. The SMILES string of the molecule is CN(C)CC[PH3+].[C-]#[O+].[C-]#[O+].[C-]#[O+].[C-]#[O+].[Fe]. The molecule has 0 N–H and O–H groups in total. The predicted octanol–water partition coefficient (Wildman–Crippen LogP) is 0.00286. The minimum Gasteiger partial charge on any atom is 0 e. The maximum absolute atomic E-state index is 7.50. The quantitative estimate of drug-likeness (QED) is 0.302. The minimum absolute atomic E-state index is 0. The number of rotatable bonds is 2. The van der Waals surface area contributed by atoms with Crippen molar-refractivity contribution in [1.82, 2.24) is 4.90 Å². The standard InChI is InChI=1S/C4H12NP.4CO.Fe/c1-5(2)3-4-6;4*1-2;/h3-4,6H2,1-2H3;;;;;/p+1. The summed E-state index contributed by atoms with van der Waals surface area (Å²) in [6, 6.07) is 0. The normalized spacial score (nSPS) is 4.73. The molecular formula is C8H13FeNO4P+. The van der Waals surface area contributed by atoms with Gasteiger partial charge in [0.2, 0.25) is 0 Å². The van der Waals surface area contributed by atoms with E-state index in [0.29, 0.717) is 0 Å². The third-order valence-corrected chi connectivity index (χ3v) is 0.922. The molecule has 0 bridgehead atoms. The molecule has 0 spiro atoms. The number of hydrogen-bond acceptors (Lipinski definition) is 1. The van der Waals surface area contributed by atoms with Gasteiger partial charge in [-0.1, -0.05) is 0 Å². The van der Waals surface area contributed by atoms with E-state index < -0.39 is 0 Å². The molecule has 0 aliphatic carbocycles. The van der Waals surface area contributed by atoms with Crippen molar-refractivity contribution in [3.05, 3.63) is 26.6 Å². The second-order valence-electron chi connectivity index (χ2n) is 1.66. The summed E-state index contributed by atoms with van der Waals surface area (Å²) in [5.74, 6) is 0. The van der Waals surface area contributed by atoms with Crippen LogP contribution in [0.3, 0.4) is 0 Å². The van der Waals surface area contributed by atoms with Crippen LogP contribution in [-0.4, -0.2) is 31.7 Å². The Kier molecular flexibility index (Phi) is 235. The summed E-state index contributed by atoms with van der Waals surface area (Å²) in [4.78, 5) is 2.19. The van der Waals surface area contributed by atoms with Crippen LogP contribution in [0.4, 0.5) is 0 Å². The van der Waals surface area contributed by atoms with Gasteiger partial charge in [-0.15, -0.1) is 0 Å². The van der Waals surface area contributed by atoms with E-state index in [9.17, 15) is 0 Å². The van der Waals surface area contributed by atoms with Gasteiger partial charge in [0.15, 0.2) is 0 Å². The summed E-state index contributed by atoms with van der Waals surface area (Å²) >= 11 is 0. The number of nitrogens with zero attached hydrogens (tertiary/aromatic N) is 1. The van der Waals surface area contributed by atoms with E-state index in [0.717, 1.165) is 0 Å². The van der Waals surface area contributed by atoms with E-state index in [-0.39, 0.29) is 17.1 Å². The zero-order chi connectivity index (χ0) is 13.0. The minimum atomic E-state index is 0. The van der Waals surface area contributed by atoms with Crippen LogP contribution in [0.5, 0.6) is 0 Å². The molecule has 0 aliphatic heterocycles. The topological polar surface area (TPSA) is 82.8 Å². The van der Waals surface area contributed by atoms with Gasteiger partial charge >= 0.3 is 45.2 Å². The fourth-order valence-corrected chi connectivity index (χ4v) is 0.949. The second kappa shape index (κ2) is 96.9. The molecular weight excluding hydrogens is 261 g/mol. The van der Waals surface area contributed by atoms with E-state index in [2.05, 4.69) is 45.6 Å². The van der Waals surface area contributed by atoms with Gasteiger partial charge in [-0.2, -0.15) is 0 Å². The van der Waals surface area contributed by atoms with Crippen molar-refractivity contribution >= 4 is 9.24 Å². The smallest absolute Gasteiger partial charge is 0 e. The first kappa shape index (κ1) is 36.4. The molecule has 0 aliphatic rings. The van der Waals surface area contributed by atoms with E-state index in [1.165, 1.54) is 12.7 Å². The number of hydrogen-bond donors (Lipinski definition) is 0. The second-order valence-corrected chi connectivity index (χ2v) is 2.36. The van der Waals surface area contributed by atoms with E-state index >= 15 is 0 Å². The maximum Gasteiger partial charge on any atom is 0 e. The van der Waals surface area contributed by atoms with Gasteiger partial charge in [-0.25, -0.2) is 0 Å². The van der Waals surface area contributed by atoms with Crippen LogP contribution in [0.25, 0.3) is 0 Å². The van der Waals surface area contributed by atoms with Gasteiger partial charge in [0.1, 0.15) is 0 Å². The molecule has 0 rings (SSSR count). The Bertz CT molecular complexity index is 121. The molecule has 86 valence electrons. The van der Waals surface area contributed by atoms with Crippen LogP contribution in [-0.2, 0) is 35.7 Å². The van der Waals surface area contributed by atoms with Crippen LogP contribution in [0, 0.1) is 26.6 Å². The molecule has 0 heterocycles. The van der Waals surface area contributed by atoms with Crippen molar-refractivity contribution < 1.29 is 35.7 Å². The van der Waals surface area contributed by atoms with Crippen molar-refractivity contribution in [2.75, 3.05) is 26.8 Å². The molecule has 7 heteroatoms. The Morgan fingerprint density at radius 2 is 1.07 bits per heavy atom. The summed E-state index contributed by atoms with van der Waals surface area (Å²) < 4.78 is 30.0. The third-order valence-electron chi connectivity index (χ3n) is 0.605. The molecule has 1 unspecified atom stereocenters. The molecule has 15 heavy (non-hydrogen) atoms. The van der Waals surface area contributed by atoms with Crippen molar-refractivity contribution in [3.8, 4) is 0 Å². The summed E-state index contributed by atoms with van der Waals surface area (Å²) in [7, 11) is 6.20. The first-order valence-electron chi connectivity index (χ1n) is 3.03. The zero-order valence-electron chi connectivity index (χ0n) is 8.56. The summed E-state index contributed by atoms with van der Waals surface area (Å²) in [6.45, 7) is 19.2. The molecule has 0 aromatic carbocycles. The Morgan fingerprint density at radius 3 is 1.07 bits per heavy atom. The van der Waals surface area contributed by atoms with Gasteiger partial charge in [0, 0.05) is 23.6 Å². The molecule has 0 saturated heterocycles. The Balaban J connectivity index is -0.0000000194. The van der Waals surface area contributed by atoms with Crippen LogP contribution in [0.2, 0.25) is 0 Å². The predicted molar refractivity (Wildman–Crippen MR) is 50.2 cm³/mol. The molecule has 0 fully saturated rings. The van der Waals surface area contributed by atoms with Crippen molar-refractivity contribution in [1.29, 1.82) is 0 Å². The summed E-state index contributed by atoms with van der Waals surface area (Å²) in [6.07, 6.45) is 1.28. The van der Waals surface area contributed by atoms with Crippen molar-refractivity contribution in [3.63, 3.8) is 0 Å². The van der Waals surface area contributed by atoms with Crippen molar-refractivity contribution in [2.45, 2.75) is 0 Å². The Morgan fingerprint density at radius 1 is 0.867 bits per heavy atom. The van der Waals surface area contributed by atoms with Gasteiger partial charge in [-0.05, 0) is 23.3 Å². The van der Waals surface area contributed by atoms with E-state index in [4.69, 9.17) is 18.6 Å². The van der Waals surface area contributed by atoms with Gasteiger partial charge in [0.05, 0.1) is 6.16 Å². The van der Waals surface area contributed by atoms with Crippen molar-refractivity contribution in [2.24, 2.45) is 0 Å². The Hall–Kier alpha value is -0.131. The van der Waals surface area contributed by atoms with Crippen LogP contribution >= 0.6 is 9.24 Å². The average Bonchev–Trinajstić information content (AvgIpc) is 2.29. The monoisotopic (exact) mass is 274 g/mol. The molecule has 0 amide bonds. The largest absolute Gasteiger partial charge is 0 e. The summed E-state index contributed by atoms with van der Waals surface area (Å²) in [5.41, 5.74) is 0. The first-order valence-corrected chi connectivity index (χ1v) is 4.03. The molecule has 0 aromatic heterocycles. The molecule has 0 saturated carbocycles. The van der Waals surface area contributed by atoms with Crippen LogP contribution in [0.1, 0.15) is 0 Å². The van der Waals surface area contributed by atoms with E-state index in [1.54, 1.807) is 0 Å². The fraction of sp³-hybridized carbons (Fsp3) is 0.500. The molecule has 1 atom stereocenters. The first-order chi connectivity index (χ1) is 6.77. The molecule has 0 aromatic rings. The van der Waals surface area contributed by atoms with Crippen LogP contribution < -0.4 is 0 Å². The van der Waals surface area contributed by atoms with E-state index in [1.807, 2.05) is 9.24 Å². The molecule has 5 nitrogen and oxygen atoms in total.